The third kappa shape index (κ3) is 11.5. The summed E-state index contributed by atoms with van der Waals surface area (Å²) in [5.74, 6) is 0. The van der Waals surface area contributed by atoms with E-state index in [9.17, 15) is 4.79 Å². The van der Waals surface area contributed by atoms with E-state index in [4.69, 9.17) is 10.5 Å². The fraction of sp³-hybridized carbons (Fsp3) is 0.786. The van der Waals surface area contributed by atoms with Crippen LogP contribution >= 0.6 is 0 Å². The van der Waals surface area contributed by atoms with Gasteiger partial charge in [0.05, 0.1) is 0 Å². The minimum atomic E-state index is -0.320. The lowest BCUT2D eigenvalue weighted by atomic mass is 10.1. The molecular weight excluding hydrogens is 228 g/mol. The molecule has 1 amide bonds. The number of nitrogens with two attached hydrogens (primary N) is 1. The molecule has 0 aliphatic carbocycles. The fourth-order valence-electron chi connectivity index (χ4n) is 1.48. The number of alkyl carbamates (subject to hydrolysis) is 1. The van der Waals surface area contributed by atoms with Gasteiger partial charge in [-0.2, -0.15) is 0 Å². The van der Waals surface area contributed by atoms with Crippen molar-refractivity contribution in [1.82, 2.24) is 5.32 Å². The molecule has 0 aromatic carbocycles. The first-order valence-corrected chi connectivity index (χ1v) is 6.93. The van der Waals surface area contributed by atoms with Gasteiger partial charge >= 0.3 is 6.09 Å². The molecule has 0 radical (unpaired) electrons. The highest BCUT2D eigenvalue weighted by Gasteiger charge is 2.00. The third-order valence-corrected chi connectivity index (χ3v) is 2.82. The summed E-state index contributed by atoms with van der Waals surface area (Å²) in [6, 6.07) is 0. The molecule has 0 saturated carbocycles. The number of hydrogen-bond acceptors (Lipinski definition) is 3. The summed E-state index contributed by atoms with van der Waals surface area (Å²) in [4.78, 5) is 11.3. The molecule has 4 heteroatoms. The van der Waals surface area contributed by atoms with Gasteiger partial charge in [0.15, 0.2) is 0 Å². The van der Waals surface area contributed by atoms with Crippen molar-refractivity contribution in [1.29, 1.82) is 0 Å². The number of ether oxygens (including phenoxy) is 1. The van der Waals surface area contributed by atoms with E-state index in [0.29, 0.717) is 13.2 Å². The second-order valence-electron chi connectivity index (χ2n) is 4.55. The van der Waals surface area contributed by atoms with Crippen LogP contribution < -0.4 is 11.1 Å². The van der Waals surface area contributed by atoms with Crippen LogP contribution in [-0.4, -0.2) is 25.8 Å². The van der Waals surface area contributed by atoms with E-state index >= 15 is 0 Å². The molecule has 0 spiro atoms. The first-order chi connectivity index (χ1) is 8.70. The Morgan fingerprint density at radius 1 is 1.17 bits per heavy atom. The van der Waals surface area contributed by atoms with Crippen molar-refractivity contribution in [3.05, 3.63) is 11.6 Å². The molecule has 0 aromatic rings. The lowest BCUT2D eigenvalue weighted by Crippen LogP contribution is -2.25. The van der Waals surface area contributed by atoms with Crippen LogP contribution in [0.2, 0.25) is 0 Å². The number of carbonyl (C=O) groups excluding carboxylic acids is 1. The molecule has 0 aromatic heterocycles. The van der Waals surface area contributed by atoms with E-state index in [0.717, 1.165) is 31.4 Å². The lowest BCUT2D eigenvalue weighted by molar-refractivity contribution is 0.155. The van der Waals surface area contributed by atoms with Gasteiger partial charge in [-0.05, 0) is 38.8 Å². The molecule has 0 saturated heterocycles. The molecule has 106 valence electrons. The quantitative estimate of drug-likeness (QED) is 0.466. The van der Waals surface area contributed by atoms with Crippen LogP contribution in [0.25, 0.3) is 0 Å². The van der Waals surface area contributed by atoms with Gasteiger partial charge in [0.2, 0.25) is 0 Å². The molecule has 0 unspecified atom stereocenters. The number of allylic oxidation sites excluding steroid dienone is 1. The molecule has 0 atom stereocenters. The molecule has 0 bridgehead atoms. The number of rotatable bonds is 10. The van der Waals surface area contributed by atoms with Gasteiger partial charge in [0, 0.05) is 6.54 Å². The van der Waals surface area contributed by atoms with E-state index < -0.39 is 0 Å². The smallest absolute Gasteiger partial charge is 0.407 e. The van der Waals surface area contributed by atoms with Gasteiger partial charge in [-0.1, -0.05) is 31.8 Å². The molecule has 0 heterocycles. The molecular formula is C14H28N2O2. The number of carbonyl (C=O) groups is 1. The third-order valence-electron chi connectivity index (χ3n) is 2.82. The molecule has 0 fully saturated rings. The molecule has 4 nitrogen and oxygen atoms in total. The summed E-state index contributed by atoms with van der Waals surface area (Å²) < 4.78 is 5.02. The maximum atomic E-state index is 11.3. The Morgan fingerprint density at radius 2 is 1.78 bits per heavy atom. The van der Waals surface area contributed by atoms with Crippen LogP contribution in [0.5, 0.6) is 0 Å². The summed E-state index contributed by atoms with van der Waals surface area (Å²) in [6.07, 6.45) is 8.58. The van der Waals surface area contributed by atoms with Gasteiger partial charge in [0.1, 0.15) is 6.61 Å². The predicted octanol–water partition coefficient (Wildman–Crippen LogP) is 2.98. The number of hydrogen-bond donors (Lipinski definition) is 2. The number of unbranched alkanes of at least 4 members (excludes halogenated alkanes) is 5. The van der Waals surface area contributed by atoms with Crippen molar-refractivity contribution >= 4 is 6.09 Å². The van der Waals surface area contributed by atoms with E-state index in [1.54, 1.807) is 0 Å². The topological polar surface area (TPSA) is 64.3 Å². The monoisotopic (exact) mass is 256 g/mol. The first kappa shape index (κ1) is 17.0. The van der Waals surface area contributed by atoms with Crippen LogP contribution in [0, 0.1) is 0 Å². The standard InChI is InChI=1S/C14H28N2O2/c1-3-13(2)12-18-14(17)16-11-9-7-5-4-6-8-10-15/h3H,4-12,15H2,1-2H3,(H,16,17)/b13-3+. The van der Waals surface area contributed by atoms with E-state index in [2.05, 4.69) is 5.32 Å². The van der Waals surface area contributed by atoms with Gasteiger partial charge < -0.3 is 15.8 Å². The van der Waals surface area contributed by atoms with E-state index in [1.165, 1.54) is 19.3 Å². The Morgan fingerprint density at radius 3 is 2.39 bits per heavy atom. The van der Waals surface area contributed by atoms with Gasteiger partial charge in [-0.3, -0.25) is 0 Å². The summed E-state index contributed by atoms with van der Waals surface area (Å²) in [6.45, 7) is 5.74. The highest BCUT2D eigenvalue weighted by molar-refractivity contribution is 5.67. The average Bonchev–Trinajstić information content (AvgIpc) is 2.39. The second-order valence-corrected chi connectivity index (χ2v) is 4.55. The summed E-state index contributed by atoms with van der Waals surface area (Å²) >= 11 is 0. The zero-order valence-corrected chi connectivity index (χ0v) is 11.8. The minimum absolute atomic E-state index is 0.320. The Bertz CT molecular complexity index is 240. The van der Waals surface area contributed by atoms with Crippen LogP contribution in [0.15, 0.2) is 11.6 Å². The predicted molar refractivity (Wildman–Crippen MR) is 75.5 cm³/mol. The zero-order chi connectivity index (χ0) is 13.6. The highest BCUT2D eigenvalue weighted by Crippen LogP contribution is 2.04. The normalized spacial score (nSPS) is 11.4. The Balaban J connectivity index is 3.25. The van der Waals surface area contributed by atoms with Crippen molar-refractivity contribution in [3.63, 3.8) is 0 Å². The lowest BCUT2D eigenvalue weighted by Gasteiger charge is -2.07. The molecule has 0 aliphatic heterocycles. The van der Waals surface area contributed by atoms with Crippen molar-refractivity contribution in [2.45, 2.75) is 52.4 Å². The summed E-state index contributed by atoms with van der Waals surface area (Å²) in [5.41, 5.74) is 6.48. The summed E-state index contributed by atoms with van der Waals surface area (Å²) in [5, 5.41) is 2.76. The molecule has 3 N–H and O–H groups in total. The average molecular weight is 256 g/mol. The van der Waals surface area contributed by atoms with Crippen LogP contribution in [0.4, 0.5) is 4.79 Å². The Labute approximate surface area is 111 Å². The Hall–Kier alpha value is -1.03. The van der Waals surface area contributed by atoms with Crippen LogP contribution in [0.3, 0.4) is 0 Å². The second kappa shape index (κ2) is 12.4. The van der Waals surface area contributed by atoms with E-state index in [1.807, 2.05) is 19.9 Å². The van der Waals surface area contributed by atoms with Crippen molar-refractivity contribution in [2.24, 2.45) is 5.73 Å². The van der Waals surface area contributed by atoms with Crippen molar-refractivity contribution in [3.8, 4) is 0 Å². The largest absolute Gasteiger partial charge is 0.445 e. The molecule has 0 rings (SSSR count). The van der Waals surface area contributed by atoms with Crippen molar-refractivity contribution < 1.29 is 9.53 Å². The summed E-state index contributed by atoms with van der Waals surface area (Å²) in [7, 11) is 0. The maximum absolute atomic E-state index is 11.3. The number of nitrogens with one attached hydrogen (secondary N) is 1. The zero-order valence-electron chi connectivity index (χ0n) is 11.8. The van der Waals surface area contributed by atoms with Gasteiger partial charge in [-0.25, -0.2) is 4.79 Å². The van der Waals surface area contributed by atoms with E-state index in [-0.39, 0.29) is 6.09 Å². The Kier molecular flexibility index (Phi) is 11.7. The SMILES string of the molecule is C/C=C(\C)COC(=O)NCCCCCCCCN. The highest BCUT2D eigenvalue weighted by atomic mass is 16.5. The first-order valence-electron chi connectivity index (χ1n) is 6.93. The molecule has 18 heavy (non-hydrogen) atoms. The van der Waals surface area contributed by atoms with Gasteiger partial charge in [-0.15, -0.1) is 0 Å². The maximum Gasteiger partial charge on any atom is 0.407 e. The number of amides is 1. The van der Waals surface area contributed by atoms with Crippen LogP contribution in [-0.2, 0) is 4.74 Å². The molecule has 0 aliphatic rings. The fourth-order valence-corrected chi connectivity index (χ4v) is 1.48. The van der Waals surface area contributed by atoms with Crippen molar-refractivity contribution in [2.75, 3.05) is 19.7 Å². The minimum Gasteiger partial charge on any atom is -0.445 e. The van der Waals surface area contributed by atoms with Crippen LogP contribution in [0.1, 0.15) is 52.4 Å². The van der Waals surface area contributed by atoms with Gasteiger partial charge in [0.25, 0.3) is 0 Å².